The van der Waals surface area contributed by atoms with Crippen LogP contribution in [-0.2, 0) is 0 Å². The summed E-state index contributed by atoms with van der Waals surface area (Å²) in [6.45, 7) is 0. The van der Waals surface area contributed by atoms with Crippen LogP contribution in [0.25, 0.3) is 0 Å². The lowest BCUT2D eigenvalue weighted by Gasteiger charge is -1.80. The molecule has 0 amide bonds. The lowest BCUT2D eigenvalue weighted by atomic mass is 10.2. The third kappa shape index (κ3) is 5.91. The number of aromatic nitrogens is 2. The fraction of sp³-hybridized carbons (Fsp3) is 0. The summed E-state index contributed by atoms with van der Waals surface area (Å²) in [5.41, 5.74) is 0.715. The van der Waals surface area contributed by atoms with Crippen LogP contribution in [0.2, 0.25) is 0 Å². The summed E-state index contributed by atoms with van der Waals surface area (Å²) in [7, 11) is 0. The average molecular weight is 201 g/mol. The Balaban J connectivity index is 0.000000253. The highest BCUT2D eigenvalue weighted by Crippen LogP contribution is 1.93. The molecule has 0 atom stereocenters. The lowest BCUT2D eigenvalue weighted by molar-refractivity contribution is 0.824. The summed E-state index contributed by atoms with van der Waals surface area (Å²) in [6.07, 6.45) is 4.88. The van der Waals surface area contributed by atoms with E-state index in [0.717, 1.165) is 0 Å². The van der Waals surface area contributed by atoms with Gasteiger partial charge >= 0.3 is 0 Å². The molecule has 1 aromatic carbocycles. The Morgan fingerprint density at radius 2 is 1.53 bits per heavy atom. The molecule has 76 valence electrons. The standard InChI is InChI=1S/C7H5N.C4H4N2.H2O/c8-6-7-4-2-1-3-5-7;1-2-5-4-6-3-1;/h1-5H;1-4H;1H2. The third-order valence-electron chi connectivity index (χ3n) is 1.38. The monoisotopic (exact) mass is 201 g/mol. The zero-order valence-electron chi connectivity index (χ0n) is 8.04. The minimum Gasteiger partial charge on any atom is -0.412 e. The summed E-state index contributed by atoms with van der Waals surface area (Å²) in [4.78, 5) is 7.35. The van der Waals surface area contributed by atoms with Crippen molar-refractivity contribution in [2.45, 2.75) is 0 Å². The SMILES string of the molecule is N#Cc1ccccc1.O.c1cncnc1. The minimum atomic E-state index is 0. The molecule has 0 fully saturated rings. The number of rotatable bonds is 0. The van der Waals surface area contributed by atoms with Crippen LogP contribution >= 0.6 is 0 Å². The Morgan fingerprint density at radius 3 is 1.80 bits per heavy atom. The average Bonchev–Trinajstić information content (AvgIpc) is 2.33. The van der Waals surface area contributed by atoms with Gasteiger partial charge in [0.25, 0.3) is 0 Å². The molecule has 0 spiro atoms. The highest BCUT2D eigenvalue weighted by atomic mass is 16.0. The van der Waals surface area contributed by atoms with Crippen molar-refractivity contribution in [2.75, 3.05) is 0 Å². The molecule has 1 heterocycles. The first-order valence-corrected chi connectivity index (χ1v) is 4.08. The maximum Gasteiger partial charge on any atom is 0.115 e. The van der Waals surface area contributed by atoms with Crippen molar-refractivity contribution < 1.29 is 5.48 Å². The molecule has 1 aromatic heterocycles. The Labute approximate surface area is 88.2 Å². The first-order chi connectivity index (χ1) is 6.93. The van der Waals surface area contributed by atoms with Crippen molar-refractivity contribution >= 4 is 0 Å². The Kier molecular flexibility index (Phi) is 7.10. The van der Waals surface area contributed by atoms with Gasteiger partial charge in [0.1, 0.15) is 6.33 Å². The molecule has 15 heavy (non-hydrogen) atoms. The summed E-state index contributed by atoms with van der Waals surface area (Å²) in [5, 5.41) is 8.29. The van der Waals surface area contributed by atoms with Crippen molar-refractivity contribution in [2.24, 2.45) is 0 Å². The molecule has 0 saturated heterocycles. The zero-order chi connectivity index (χ0) is 10.1. The summed E-state index contributed by atoms with van der Waals surface area (Å²) in [6, 6.07) is 12.9. The Hall–Kier alpha value is -2.25. The maximum atomic E-state index is 8.29. The number of nitrogens with zero attached hydrogens (tertiary/aromatic N) is 3. The van der Waals surface area contributed by atoms with Gasteiger partial charge in [-0.25, -0.2) is 9.97 Å². The zero-order valence-corrected chi connectivity index (χ0v) is 8.04. The van der Waals surface area contributed by atoms with Crippen LogP contribution in [0, 0.1) is 11.3 Å². The normalized spacial score (nSPS) is 7.40. The van der Waals surface area contributed by atoms with E-state index in [1.165, 1.54) is 6.33 Å². The molecule has 0 unspecified atom stereocenters. The van der Waals surface area contributed by atoms with Gasteiger partial charge < -0.3 is 5.48 Å². The fourth-order valence-corrected chi connectivity index (χ4v) is 0.766. The van der Waals surface area contributed by atoms with Gasteiger partial charge in [0.15, 0.2) is 0 Å². The smallest absolute Gasteiger partial charge is 0.115 e. The molecule has 0 radical (unpaired) electrons. The predicted molar refractivity (Wildman–Crippen MR) is 56.8 cm³/mol. The molecule has 4 heteroatoms. The molecule has 0 saturated carbocycles. The van der Waals surface area contributed by atoms with Crippen LogP contribution < -0.4 is 0 Å². The minimum absolute atomic E-state index is 0. The Bertz CT molecular complexity index is 357. The number of benzene rings is 1. The summed E-state index contributed by atoms with van der Waals surface area (Å²) < 4.78 is 0. The second kappa shape index (κ2) is 8.35. The van der Waals surface area contributed by atoms with E-state index in [4.69, 9.17) is 5.26 Å². The van der Waals surface area contributed by atoms with Gasteiger partial charge in [-0.1, -0.05) is 18.2 Å². The van der Waals surface area contributed by atoms with Crippen molar-refractivity contribution in [3.8, 4) is 6.07 Å². The van der Waals surface area contributed by atoms with Crippen LogP contribution in [0.3, 0.4) is 0 Å². The molecular formula is C11H11N3O. The van der Waals surface area contributed by atoms with Crippen LogP contribution in [0.5, 0.6) is 0 Å². The molecule has 0 aliphatic carbocycles. The third-order valence-corrected chi connectivity index (χ3v) is 1.38. The van der Waals surface area contributed by atoms with E-state index in [9.17, 15) is 0 Å². The van der Waals surface area contributed by atoms with E-state index < -0.39 is 0 Å². The number of nitriles is 1. The van der Waals surface area contributed by atoms with Gasteiger partial charge in [-0.05, 0) is 18.2 Å². The maximum absolute atomic E-state index is 8.29. The highest BCUT2D eigenvalue weighted by molar-refractivity contribution is 5.27. The summed E-state index contributed by atoms with van der Waals surface area (Å²) in [5.74, 6) is 0. The van der Waals surface area contributed by atoms with Gasteiger partial charge in [0.2, 0.25) is 0 Å². The summed E-state index contributed by atoms with van der Waals surface area (Å²) >= 11 is 0. The molecule has 0 bridgehead atoms. The van der Waals surface area contributed by atoms with Gasteiger partial charge in [0.05, 0.1) is 11.6 Å². The lowest BCUT2D eigenvalue weighted by Crippen LogP contribution is -1.66. The van der Waals surface area contributed by atoms with Crippen molar-refractivity contribution in [1.82, 2.24) is 9.97 Å². The van der Waals surface area contributed by atoms with Crippen LogP contribution in [0.4, 0.5) is 0 Å². The molecule has 2 N–H and O–H groups in total. The second-order valence-corrected chi connectivity index (χ2v) is 2.38. The first kappa shape index (κ1) is 12.8. The quantitative estimate of drug-likeness (QED) is 0.642. The molecule has 2 aromatic rings. The van der Waals surface area contributed by atoms with Gasteiger partial charge in [-0.3, -0.25) is 0 Å². The van der Waals surface area contributed by atoms with Crippen molar-refractivity contribution in [3.63, 3.8) is 0 Å². The van der Waals surface area contributed by atoms with E-state index in [1.807, 2.05) is 24.3 Å². The van der Waals surface area contributed by atoms with Crippen LogP contribution in [0.15, 0.2) is 55.1 Å². The van der Waals surface area contributed by atoms with Gasteiger partial charge in [-0.2, -0.15) is 5.26 Å². The first-order valence-electron chi connectivity index (χ1n) is 4.08. The van der Waals surface area contributed by atoms with Crippen molar-refractivity contribution in [1.29, 1.82) is 5.26 Å². The van der Waals surface area contributed by atoms with Crippen molar-refractivity contribution in [3.05, 3.63) is 60.7 Å². The number of hydrogen-bond donors (Lipinski definition) is 0. The van der Waals surface area contributed by atoms with E-state index >= 15 is 0 Å². The van der Waals surface area contributed by atoms with Gasteiger partial charge in [-0.15, -0.1) is 0 Å². The van der Waals surface area contributed by atoms with Crippen LogP contribution in [-0.4, -0.2) is 15.4 Å². The molecular weight excluding hydrogens is 190 g/mol. The molecule has 0 aliphatic heterocycles. The molecule has 0 aliphatic rings. The second-order valence-electron chi connectivity index (χ2n) is 2.38. The van der Waals surface area contributed by atoms with E-state index in [2.05, 4.69) is 9.97 Å². The molecule has 2 rings (SSSR count). The Morgan fingerprint density at radius 1 is 0.933 bits per heavy atom. The van der Waals surface area contributed by atoms with E-state index in [1.54, 1.807) is 30.6 Å². The largest absolute Gasteiger partial charge is 0.412 e. The highest BCUT2D eigenvalue weighted by Gasteiger charge is 1.79. The topological polar surface area (TPSA) is 81.1 Å². The van der Waals surface area contributed by atoms with Gasteiger partial charge in [0, 0.05) is 12.4 Å². The van der Waals surface area contributed by atoms with E-state index in [-0.39, 0.29) is 5.48 Å². The van der Waals surface area contributed by atoms with Crippen LogP contribution in [0.1, 0.15) is 5.56 Å². The number of hydrogen-bond acceptors (Lipinski definition) is 3. The molecule has 4 nitrogen and oxygen atoms in total. The van der Waals surface area contributed by atoms with E-state index in [0.29, 0.717) is 5.56 Å². The fourth-order valence-electron chi connectivity index (χ4n) is 0.766. The predicted octanol–water partition coefficient (Wildman–Crippen LogP) is 1.21.